The van der Waals surface area contributed by atoms with Crippen LogP contribution in [-0.2, 0) is 20.1 Å². The Balaban J connectivity index is 1.50. The van der Waals surface area contributed by atoms with E-state index >= 15 is 8.78 Å². The van der Waals surface area contributed by atoms with E-state index in [9.17, 15) is 4.79 Å². The third-order valence-corrected chi connectivity index (χ3v) is 5.44. The van der Waals surface area contributed by atoms with Gasteiger partial charge in [-0.05, 0) is 41.5 Å². The summed E-state index contributed by atoms with van der Waals surface area (Å²) in [6.45, 7) is -3.25. The van der Waals surface area contributed by atoms with Crippen LogP contribution in [0.15, 0.2) is 42.7 Å². The molecule has 2 aromatic heterocycles. The summed E-state index contributed by atoms with van der Waals surface area (Å²) in [6.07, 6.45) is 2.67. The van der Waals surface area contributed by atoms with Crippen LogP contribution >= 0.6 is 0 Å². The van der Waals surface area contributed by atoms with Gasteiger partial charge in [0, 0.05) is 24.2 Å². The summed E-state index contributed by atoms with van der Waals surface area (Å²) in [5, 5.41) is 4.96. The minimum absolute atomic E-state index is 0.219. The van der Waals surface area contributed by atoms with Crippen molar-refractivity contribution in [2.24, 2.45) is 7.05 Å². The molecule has 0 fully saturated rings. The fourth-order valence-electron chi connectivity index (χ4n) is 3.87. The van der Waals surface area contributed by atoms with Crippen LogP contribution < -0.4 is 9.47 Å². The highest BCUT2D eigenvalue weighted by Crippen LogP contribution is 2.35. The maximum absolute atomic E-state index is 15.3. The number of aromatic nitrogens is 3. The van der Waals surface area contributed by atoms with Crippen molar-refractivity contribution in [3.05, 3.63) is 71.2 Å². The molecule has 1 aliphatic heterocycles. The lowest BCUT2D eigenvalue weighted by Crippen LogP contribution is -2.24. The number of aryl methyl sites for hydroxylation is 1. The lowest BCUT2D eigenvalue weighted by Gasteiger charge is -2.17. The fourth-order valence-corrected chi connectivity index (χ4v) is 3.87. The van der Waals surface area contributed by atoms with Gasteiger partial charge in [-0.15, -0.1) is 0 Å². The summed E-state index contributed by atoms with van der Waals surface area (Å²) in [4.78, 5) is 17.5. The van der Waals surface area contributed by atoms with E-state index < -0.39 is 43.2 Å². The number of halogens is 2. The zero-order chi connectivity index (χ0) is 27.6. The van der Waals surface area contributed by atoms with Crippen molar-refractivity contribution in [3.8, 4) is 22.6 Å². The smallest absolute Gasteiger partial charge is 0.256 e. The topological polar surface area (TPSA) is 69.5 Å². The van der Waals surface area contributed by atoms with Crippen LogP contribution in [0, 0.1) is 11.6 Å². The second-order valence-electron chi connectivity index (χ2n) is 7.47. The predicted octanol–water partition coefficient (Wildman–Crippen LogP) is 4.09. The molecule has 5 rings (SSSR count). The van der Waals surface area contributed by atoms with Crippen LogP contribution in [0.1, 0.15) is 28.5 Å². The molecule has 7 nitrogen and oxygen atoms in total. The molecule has 33 heavy (non-hydrogen) atoms. The second kappa shape index (κ2) is 7.84. The van der Waals surface area contributed by atoms with Crippen molar-refractivity contribution in [1.82, 2.24) is 19.7 Å². The highest BCUT2D eigenvalue weighted by molar-refractivity contribution is 5.98. The fraction of sp³-hybridized carbons (Fsp3) is 0.208. The summed E-state index contributed by atoms with van der Waals surface area (Å²) in [5.74, 6) is -2.64. The highest BCUT2D eigenvalue weighted by atomic mass is 19.1. The summed E-state index contributed by atoms with van der Waals surface area (Å²) in [6, 6.07) is 6.56. The number of nitrogens with zero attached hydrogens (tertiary/aromatic N) is 4. The zero-order valence-corrected chi connectivity index (χ0v) is 17.5. The summed E-state index contributed by atoms with van der Waals surface area (Å²) >= 11 is 0. The number of pyridine rings is 1. The van der Waals surface area contributed by atoms with Crippen molar-refractivity contribution in [2.45, 2.75) is 13.0 Å². The Morgan fingerprint density at radius 3 is 2.70 bits per heavy atom. The molecule has 0 aliphatic carbocycles. The first-order valence-electron chi connectivity index (χ1n) is 12.3. The molecule has 0 N–H and O–H groups in total. The number of methoxy groups -OCH3 is 2. The molecule has 0 spiro atoms. The number of amides is 1. The molecule has 0 radical (unpaired) electrons. The quantitative estimate of drug-likeness (QED) is 0.454. The molecule has 168 valence electrons. The minimum atomic E-state index is -2.81. The van der Waals surface area contributed by atoms with E-state index in [0.29, 0.717) is 27.1 Å². The van der Waals surface area contributed by atoms with E-state index in [4.69, 9.17) is 16.3 Å². The Labute approximate surface area is 195 Å². The van der Waals surface area contributed by atoms with Crippen LogP contribution in [-0.4, -0.2) is 39.7 Å². The number of hydrogen-bond donors (Lipinski definition) is 0. The first kappa shape index (κ1) is 15.7. The zero-order valence-electron chi connectivity index (χ0n) is 22.5. The van der Waals surface area contributed by atoms with E-state index in [1.54, 1.807) is 30.1 Å². The van der Waals surface area contributed by atoms with Gasteiger partial charge >= 0.3 is 0 Å². The number of carbonyl (C=O) groups is 1. The van der Waals surface area contributed by atoms with Crippen LogP contribution in [0.3, 0.4) is 0 Å². The van der Waals surface area contributed by atoms with Crippen LogP contribution in [0.5, 0.6) is 11.5 Å². The van der Waals surface area contributed by atoms with Gasteiger partial charge in [0.25, 0.3) is 5.91 Å². The van der Waals surface area contributed by atoms with Crippen molar-refractivity contribution in [3.63, 3.8) is 0 Å². The largest absolute Gasteiger partial charge is 0.495 e. The molecule has 2 aromatic carbocycles. The third kappa shape index (κ3) is 3.45. The van der Waals surface area contributed by atoms with Crippen molar-refractivity contribution < 1.29 is 29.9 Å². The molecule has 4 aromatic rings. The molecule has 3 heterocycles. The number of ether oxygens (including phenoxy) is 2. The summed E-state index contributed by atoms with van der Waals surface area (Å²) < 4.78 is 80.6. The third-order valence-electron chi connectivity index (χ3n) is 5.44. The first-order chi connectivity index (χ1) is 17.8. The second-order valence-corrected chi connectivity index (χ2v) is 7.47. The van der Waals surface area contributed by atoms with Crippen molar-refractivity contribution in [2.75, 3.05) is 14.1 Å². The molecule has 1 amide bonds. The van der Waals surface area contributed by atoms with Gasteiger partial charge in [-0.1, -0.05) is 0 Å². The van der Waals surface area contributed by atoms with E-state index in [1.807, 2.05) is 0 Å². The number of carbonyl (C=O) groups excluding carboxylic acids is 1. The maximum atomic E-state index is 15.3. The molecule has 0 saturated carbocycles. The Bertz CT molecular complexity index is 1580. The molecule has 0 bridgehead atoms. The van der Waals surface area contributed by atoms with Gasteiger partial charge in [-0.2, -0.15) is 5.10 Å². The summed E-state index contributed by atoms with van der Waals surface area (Å²) in [7, 11) is 0.389. The monoisotopic (exact) mass is 455 g/mol. The Hall–Kier alpha value is -4.01. The van der Waals surface area contributed by atoms with Crippen molar-refractivity contribution in [1.29, 1.82) is 0 Å². The molecular formula is C24H20F2N4O3. The molecule has 1 aliphatic rings. The standard InChI is InChI=1S/C24H20F2N4O3/c1-29-10-17-15(4-5-22(33-3)23(17)28-29)13-6-19(25)18(20(26)7-13)11-30-12-21-16(24(30)31)8-14(32-2)9-27-21/h4-10H,11-12H2,1-3H3/i2D3,12D2. The normalized spacial score (nSPS) is 17.2. The average Bonchev–Trinajstić information content (AvgIpc) is 3.29. The van der Waals surface area contributed by atoms with E-state index in [0.717, 1.165) is 24.4 Å². The predicted molar refractivity (Wildman–Crippen MR) is 117 cm³/mol. The minimum Gasteiger partial charge on any atom is -0.495 e. The lowest BCUT2D eigenvalue weighted by molar-refractivity contribution is 0.0763. The van der Waals surface area contributed by atoms with Gasteiger partial charge in [0.15, 0.2) is 0 Å². The van der Waals surface area contributed by atoms with E-state index in [2.05, 4.69) is 10.1 Å². The Morgan fingerprint density at radius 1 is 1.18 bits per heavy atom. The molecule has 0 unspecified atom stereocenters. The van der Waals surface area contributed by atoms with Crippen molar-refractivity contribution >= 4 is 16.8 Å². The van der Waals surface area contributed by atoms with Crippen LogP contribution in [0.25, 0.3) is 22.0 Å². The molecular weight excluding hydrogens is 430 g/mol. The molecule has 9 heteroatoms. The lowest BCUT2D eigenvalue weighted by atomic mass is 9.99. The van der Waals surface area contributed by atoms with Gasteiger partial charge in [-0.3, -0.25) is 14.5 Å². The maximum Gasteiger partial charge on any atom is 0.256 e. The highest BCUT2D eigenvalue weighted by Gasteiger charge is 2.30. The van der Waals surface area contributed by atoms with Gasteiger partial charge < -0.3 is 14.4 Å². The van der Waals surface area contributed by atoms with Gasteiger partial charge in [-0.25, -0.2) is 8.78 Å². The van der Waals surface area contributed by atoms with E-state index in [1.165, 1.54) is 7.11 Å². The number of hydrogen-bond acceptors (Lipinski definition) is 5. The van der Waals surface area contributed by atoms with Crippen LogP contribution in [0.4, 0.5) is 8.78 Å². The number of fused-ring (bicyclic) bond motifs is 2. The Morgan fingerprint density at radius 2 is 1.97 bits per heavy atom. The first-order valence-corrected chi connectivity index (χ1v) is 9.80. The van der Waals surface area contributed by atoms with Crippen LogP contribution in [0.2, 0.25) is 0 Å². The van der Waals surface area contributed by atoms with Gasteiger partial charge in [0.2, 0.25) is 0 Å². The van der Waals surface area contributed by atoms with Gasteiger partial charge in [0.1, 0.15) is 28.7 Å². The van der Waals surface area contributed by atoms with Gasteiger partial charge in [0.05, 0.1) is 51.5 Å². The molecule has 0 saturated heterocycles. The van der Waals surface area contributed by atoms with E-state index in [-0.39, 0.29) is 22.6 Å². The summed E-state index contributed by atoms with van der Waals surface area (Å²) in [5.41, 5.74) is 0.149. The average molecular weight is 455 g/mol. The number of rotatable bonds is 5. The SMILES string of the molecule is [2H]C([2H])([2H])Oc1cnc2c(c1)C(=O)N(Cc1c(F)cc(-c3ccc(OC)c4nn(C)cc34)cc1F)C2([2H])[2H]. The Kier molecular flexibility index (Phi) is 3.74. The number of benzene rings is 2. The molecule has 0 atom stereocenters.